The van der Waals surface area contributed by atoms with Gasteiger partial charge in [-0.3, -0.25) is 4.79 Å². The third-order valence-electron chi connectivity index (χ3n) is 3.25. The van der Waals surface area contributed by atoms with Crippen molar-refractivity contribution in [3.8, 4) is 0 Å². The summed E-state index contributed by atoms with van der Waals surface area (Å²) in [7, 11) is 1.81. The van der Waals surface area contributed by atoms with E-state index in [1.165, 1.54) is 0 Å². The zero-order chi connectivity index (χ0) is 15.2. The summed E-state index contributed by atoms with van der Waals surface area (Å²) < 4.78 is 0. The Kier molecular flexibility index (Phi) is 5.23. The minimum absolute atomic E-state index is 0.0286. The Hall–Kier alpha value is -2.00. The molecule has 0 radical (unpaired) electrons. The highest BCUT2D eigenvalue weighted by molar-refractivity contribution is 6.30. The predicted molar refractivity (Wildman–Crippen MR) is 88.1 cm³/mol. The van der Waals surface area contributed by atoms with Crippen molar-refractivity contribution >= 4 is 23.2 Å². The fourth-order valence-corrected chi connectivity index (χ4v) is 2.48. The van der Waals surface area contributed by atoms with Crippen molar-refractivity contribution in [2.75, 3.05) is 12.4 Å². The number of hydrogen-bond acceptors (Lipinski definition) is 2. The highest BCUT2D eigenvalue weighted by atomic mass is 35.5. The quantitative estimate of drug-likeness (QED) is 0.883. The summed E-state index contributed by atoms with van der Waals surface area (Å²) in [6, 6.07) is 15.2. The van der Waals surface area contributed by atoms with Gasteiger partial charge in [0.05, 0.1) is 5.56 Å². The molecule has 110 valence electrons. The molecule has 21 heavy (non-hydrogen) atoms. The second-order valence-corrected chi connectivity index (χ2v) is 5.44. The van der Waals surface area contributed by atoms with Gasteiger partial charge in [-0.15, -0.1) is 0 Å². The molecule has 0 bridgehead atoms. The number of amides is 1. The predicted octanol–water partition coefficient (Wildman–Crippen LogP) is 3.74. The molecule has 2 rings (SSSR count). The van der Waals surface area contributed by atoms with Crippen LogP contribution in [0.5, 0.6) is 0 Å². The first-order chi connectivity index (χ1) is 10.1. The standard InChI is InChI=1S/C17H19ClN2O/c1-12(10-13-6-5-7-14(18)11-13)20-17(21)15-8-3-4-9-16(15)19-2/h3-9,11-12,19H,10H2,1-2H3,(H,20,21). The topological polar surface area (TPSA) is 41.1 Å². The molecule has 3 nitrogen and oxygen atoms in total. The van der Waals surface area contributed by atoms with Crippen molar-refractivity contribution in [1.82, 2.24) is 5.32 Å². The van der Waals surface area contributed by atoms with Gasteiger partial charge < -0.3 is 10.6 Å². The molecule has 2 N–H and O–H groups in total. The maximum atomic E-state index is 12.3. The first-order valence-electron chi connectivity index (χ1n) is 6.92. The van der Waals surface area contributed by atoms with E-state index in [0.29, 0.717) is 10.6 Å². The van der Waals surface area contributed by atoms with Gasteiger partial charge in [-0.2, -0.15) is 0 Å². The molecule has 0 fully saturated rings. The van der Waals surface area contributed by atoms with Crippen molar-refractivity contribution in [1.29, 1.82) is 0 Å². The normalized spacial score (nSPS) is 11.8. The lowest BCUT2D eigenvalue weighted by Gasteiger charge is -2.16. The average molecular weight is 303 g/mol. The number of rotatable bonds is 5. The number of carbonyl (C=O) groups excluding carboxylic acids is 1. The maximum absolute atomic E-state index is 12.3. The fourth-order valence-electron chi connectivity index (χ4n) is 2.27. The van der Waals surface area contributed by atoms with E-state index in [9.17, 15) is 4.79 Å². The Morgan fingerprint density at radius 3 is 2.67 bits per heavy atom. The third-order valence-corrected chi connectivity index (χ3v) is 3.48. The molecule has 0 aromatic heterocycles. The summed E-state index contributed by atoms with van der Waals surface area (Å²) in [5, 5.41) is 6.76. The number of nitrogens with one attached hydrogen (secondary N) is 2. The molecule has 2 aromatic carbocycles. The summed E-state index contributed by atoms with van der Waals surface area (Å²) in [4.78, 5) is 12.3. The molecule has 0 saturated carbocycles. The minimum Gasteiger partial charge on any atom is -0.387 e. The van der Waals surface area contributed by atoms with E-state index in [1.807, 2.05) is 62.5 Å². The van der Waals surface area contributed by atoms with E-state index in [4.69, 9.17) is 11.6 Å². The van der Waals surface area contributed by atoms with Crippen molar-refractivity contribution in [2.24, 2.45) is 0 Å². The molecule has 1 amide bonds. The fraction of sp³-hybridized carbons (Fsp3) is 0.235. The molecule has 0 heterocycles. The average Bonchev–Trinajstić information content (AvgIpc) is 2.47. The highest BCUT2D eigenvalue weighted by Crippen LogP contribution is 2.15. The third kappa shape index (κ3) is 4.23. The van der Waals surface area contributed by atoms with E-state index < -0.39 is 0 Å². The number of halogens is 1. The van der Waals surface area contributed by atoms with Crippen molar-refractivity contribution in [3.63, 3.8) is 0 Å². The van der Waals surface area contributed by atoms with Crippen LogP contribution in [0.15, 0.2) is 48.5 Å². The molecular formula is C17H19ClN2O. The van der Waals surface area contributed by atoms with E-state index >= 15 is 0 Å². The van der Waals surface area contributed by atoms with Gasteiger partial charge in [-0.1, -0.05) is 35.9 Å². The molecule has 1 atom stereocenters. The van der Waals surface area contributed by atoms with Crippen LogP contribution >= 0.6 is 11.6 Å². The van der Waals surface area contributed by atoms with Gasteiger partial charge in [-0.25, -0.2) is 0 Å². The van der Waals surface area contributed by atoms with E-state index in [0.717, 1.165) is 17.7 Å². The molecular weight excluding hydrogens is 284 g/mol. The van der Waals surface area contributed by atoms with Crippen molar-refractivity contribution in [2.45, 2.75) is 19.4 Å². The SMILES string of the molecule is CNc1ccccc1C(=O)NC(C)Cc1cccc(Cl)c1. The largest absolute Gasteiger partial charge is 0.387 e. The molecule has 4 heteroatoms. The lowest BCUT2D eigenvalue weighted by atomic mass is 10.1. The minimum atomic E-state index is -0.0746. The van der Waals surface area contributed by atoms with Gasteiger partial charge in [0, 0.05) is 23.8 Å². The summed E-state index contributed by atoms with van der Waals surface area (Å²) in [6.45, 7) is 1.99. The van der Waals surface area contributed by atoms with Crippen LogP contribution in [-0.4, -0.2) is 19.0 Å². The number of benzene rings is 2. The lowest BCUT2D eigenvalue weighted by molar-refractivity contribution is 0.0941. The zero-order valence-electron chi connectivity index (χ0n) is 12.2. The van der Waals surface area contributed by atoms with Gasteiger partial charge in [0.2, 0.25) is 0 Å². The Bertz CT molecular complexity index is 628. The Balaban J connectivity index is 2.02. The molecule has 2 aromatic rings. The van der Waals surface area contributed by atoms with Crippen molar-refractivity contribution in [3.05, 3.63) is 64.7 Å². The van der Waals surface area contributed by atoms with Crippen LogP contribution in [0.3, 0.4) is 0 Å². The van der Waals surface area contributed by atoms with E-state index in [2.05, 4.69) is 10.6 Å². The smallest absolute Gasteiger partial charge is 0.253 e. The molecule has 0 spiro atoms. The lowest BCUT2D eigenvalue weighted by Crippen LogP contribution is -2.34. The summed E-state index contributed by atoms with van der Waals surface area (Å²) in [5.41, 5.74) is 2.58. The zero-order valence-corrected chi connectivity index (χ0v) is 12.9. The Morgan fingerprint density at radius 1 is 1.19 bits per heavy atom. The van der Waals surface area contributed by atoms with Crippen LogP contribution < -0.4 is 10.6 Å². The summed E-state index contributed by atoms with van der Waals surface area (Å²) in [5.74, 6) is -0.0746. The maximum Gasteiger partial charge on any atom is 0.253 e. The van der Waals surface area contributed by atoms with Gasteiger partial charge >= 0.3 is 0 Å². The number of carbonyl (C=O) groups is 1. The first kappa shape index (κ1) is 15.4. The summed E-state index contributed by atoms with van der Waals surface area (Å²) >= 11 is 5.97. The monoisotopic (exact) mass is 302 g/mol. The molecule has 1 unspecified atom stereocenters. The second kappa shape index (κ2) is 7.14. The van der Waals surface area contributed by atoms with Crippen LogP contribution in [0, 0.1) is 0 Å². The van der Waals surface area contributed by atoms with Gasteiger partial charge in [0.25, 0.3) is 5.91 Å². The highest BCUT2D eigenvalue weighted by Gasteiger charge is 2.13. The van der Waals surface area contributed by atoms with Crippen LogP contribution in [0.2, 0.25) is 5.02 Å². The van der Waals surface area contributed by atoms with Crippen LogP contribution in [-0.2, 0) is 6.42 Å². The van der Waals surface area contributed by atoms with Crippen LogP contribution in [0.1, 0.15) is 22.8 Å². The number of anilines is 1. The van der Waals surface area contributed by atoms with E-state index in [1.54, 1.807) is 0 Å². The van der Waals surface area contributed by atoms with Crippen LogP contribution in [0.25, 0.3) is 0 Å². The Morgan fingerprint density at radius 2 is 1.95 bits per heavy atom. The van der Waals surface area contributed by atoms with Crippen LogP contribution in [0.4, 0.5) is 5.69 Å². The number of hydrogen-bond donors (Lipinski definition) is 2. The summed E-state index contributed by atoms with van der Waals surface area (Å²) in [6.07, 6.45) is 0.744. The Labute approximate surface area is 130 Å². The van der Waals surface area contributed by atoms with Gasteiger partial charge in [0.15, 0.2) is 0 Å². The molecule has 0 saturated heterocycles. The van der Waals surface area contributed by atoms with Gasteiger partial charge in [0.1, 0.15) is 0 Å². The first-order valence-corrected chi connectivity index (χ1v) is 7.30. The molecule has 0 aliphatic carbocycles. The molecule has 0 aliphatic rings. The van der Waals surface area contributed by atoms with Gasteiger partial charge in [-0.05, 0) is 43.2 Å². The second-order valence-electron chi connectivity index (χ2n) is 5.00. The van der Waals surface area contributed by atoms with E-state index in [-0.39, 0.29) is 11.9 Å². The van der Waals surface area contributed by atoms with Crippen molar-refractivity contribution < 1.29 is 4.79 Å². The number of para-hydroxylation sites is 1. The molecule has 0 aliphatic heterocycles.